The van der Waals surface area contributed by atoms with Gasteiger partial charge in [0.25, 0.3) is 0 Å². The predicted octanol–water partition coefficient (Wildman–Crippen LogP) is 3.01. The number of anilines is 1. The number of nitrogen functional groups attached to an aromatic ring is 1. The van der Waals surface area contributed by atoms with E-state index in [1.165, 1.54) is 0 Å². The van der Waals surface area contributed by atoms with Crippen molar-refractivity contribution in [2.75, 3.05) is 5.73 Å². The van der Waals surface area contributed by atoms with E-state index in [0.29, 0.717) is 0 Å². The van der Waals surface area contributed by atoms with Crippen molar-refractivity contribution >= 4 is 16.7 Å². The van der Waals surface area contributed by atoms with Gasteiger partial charge < -0.3 is 10.3 Å². The quantitative estimate of drug-likeness (QED) is 0.713. The molecule has 2 N–H and O–H groups in total. The highest BCUT2D eigenvalue weighted by Crippen LogP contribution is 2.26. The van der Waals surface area contributed by atoms with Gasteiger partial charge in [0.2, 0.25) is 0 Å². The van der Waals surface area contributed by atoms with Gasteiger partial charge in [-0.3, -0.25) is 4.98 Å². The zero-order chi connectivity index (χ0) is 13.4. The minimum Gasteiger partial charge on any atom is -0.398 e. The number of aromatic nitrogens is 3. The fourth-order valence-electron chi connectivity index (χ4n) is 2.30. The summed E-state index contributed by atoms with van der Waals surface area (Å²) in [5.41, 5.74) is 10.9. The van der Waals surface area contributed by atoms with Crippen LogP contribution < -0.4 is 5.73 Å². The molecule has 0 aliphatic heterocycles. The largest absolute Gasteiger partial charge is 0.398 e. The first-order chi connectivity index (χ1) is 9.20. The minimum absolute atomic E-state index is 0.797. The van der Waals surface area contributed by atoms with E-state index >= 15 is 0 Å². The summed E-state index contributed by atoms with van der Waals surface area (Å²) in [6.45, 7) is 4.98. The van der Waals surface area contributed by atoms with Crippen molar-refractivity contribution in [3.8, 4) is 11.4 Å². The van der Waals surface area contributed by atoms with Crippen LogP contribution in [0, 0.1) is 6.92 Å². The molecular weight excluding hydrogens is 236 g/mol. The van der Waals surface area contributed by atoms with Gasteiger partial charge in [-0.05, 0) is 31.5 Å². The highest BCUT2D eigenvalue weighted by atomic mass is 15.1. The van der Waals surface area contributed by atoms with Gasteiger partial charge in [-0.25, -0.2) is 4.98 Å². The van der Waals surface area contributed by atoms with E-state index < -0.39 is 0 Å². The maximum Gasteiger partial charge on any atom is 0.141 e. The van der Waals surface area contributed by atoms with Crippen LogP contribution in [0.4, 0.5) is 5.69 Å². The van der Waals surface area contributed by atoms with Crippen LogP contribution in [-0.2, 0) is 6.54 Å². The normalized spacial score (nSPS) is 11.1. The lowest BCUT2D eigenvalue weighted by atomic mass is 10.1. The van der Waals surface area contributed by atoms with Crippen LogP contribution in [0.2, 0.25) is 0 Å². The number of nitrogens with zero attached hydrogens (tertiary/aromatic N) is 3. The van der Waals surface area contributed by atoms with E-state index in [1.54, 1.807) is 12.4 Å². The fourth-order valence-corrected chi connectivity index (χ4v) is 2.30. The first kappa shape index (κ1) is 11.7. The molecule has 0 amide bonds. The second-order valence-corrected chi connectivity index (χ2v) is 4.62. The Bertz CT molecular complexity index is 743. The van der Waals surface area contributed by atoms with Crippen LogP contribution in [0.15, 0.2) is 36.7 Å². The Kier molecular flexibility index (Phi) is 2.71. The Morgan fingerprint density at radius 1 is 1.26 bits per heavy atom. The van der Waals surface area contributed by atoms with Crippen LogP contribution in [0.25, 0.3) is 22.4 Å². The molecule has 0 fully saturated rings. The molecule has 0 aliphatic rings. The third-order valence-electron chi connectivity index (χ3n) is 3.40. The smallest absolute Gasteiger partial charge is 0.141 e. The number of nitrogens with two attached hydrogens (primary N) is 1. The molecule has 0 unspecified atom stereocenters. The number of fused-ring (bicyclic) bond motifs is 1. The van der Waals surface area contributed by atoms with E-state index in [0.717, 1.165) is 40.2 Å². The predicted molar refractivity (Wildman–Crippen MR) is 77.8 cm³/mol. The van der Waals surface area contributed by atoms with Crippen LogP contribution in [0.3, 0.4) is 0 Å². The van der Waals surface area contributed by atoms with Gasteiger partial charge in [-0.15, -0.1) is 0 Å². The molecule has 4 nitrogen and oxygen atoms in total. The number of hydrogen-bond donors (Lipinski definition) is 1. The molecule has 4 heteroatoms. The molecule has 1 aromatic carbocycles. The van der Waals surface area contributed by atoms with Crippen molar-refractivity contribution < 1.29 is 0 Å². The number of rotatable bonds is 2. The average Bonchev–Trinajstić information content (AvgIpc) is 2.80. The Morgan fingerprint density at radius 2 is 2.11 bits per heavy atom. The van der Waals surface area contributed by atoms with Crippen molar-refractivity contribution in [1.82, 2.24) is 14.5 Å². The van der Waals surface area contributed by atoms with E-state index in [2.05, 4.69) is 27.5 Å². The molecule has 2 heterocycles. The monoisotopic (exact) mass is 252 g/mol. The fraction of sp³-hybridized carbons (Fsp3) is 0.200. The summed E-state index contributed by atoms with van der Waals surface area (Å²) in [5, 5.41) is 0. The molecule has 0 radical (unpaired) electrons. The van der Waals surface area contributed by atoms with Crippen LogP contribution >= 0.6 is 0 Å². The number of imidazole rings is 1. The molecule has 3 rings (SSSR count). The Balaban J connectivity index is 2.26. The highest BCUT2D eigenvalue weighted by Gasteiger charge is 2.11. The van der Waals surface area contributed by atoms with Crippen molar-refractivity contribution in [3.63, 3.8) is 0 Å². The molecule has 0 atom stereocenters. The molecular formula is C15H16N4. The summed E-state index contributed by atoms with van der Waals surface area (Å²) in [5.74, 6) is 0.942. The lowest BCUT2D eigenvalue weighted by molar-refractivity contribution is 0.796. The van der Waals surface area contributed by atoms with Gasteiger partial charge in [0.05, 0.1) is 11.7 Å². The van der Waals surface area contributed by atoms with Gasteiger partial charge in [0, 0.05) is 24.0 Å². The summed E-state index contributed by atoms with van der Waals surface area (Å²) in [6, 6.07) is 8.07. The zero-order valence-corrected chi connectivity index (χ0v) is 11.1. The Labute approximate surface area is 111 Å². The van der Waals surface area contributed by atoms with Crippen molar-refractivity contribution in [2.24, 2.45) is 0 Å². The Hall–Kier alpha value is -2.36. The van der Waals surface area contributed by atoms with Gasteiger partial charge in [-0.1, -0.05) is 12.1 Å². The Morgan fingerprint density at radius 3 is 2.84 bits per heavy atom. The number of aryl methyl sites for hydroxylation is 2. The second kappa shape index (κ2) is 4.39. The number of hydrogen-bond acceptors (Lipinski definition) is 3. The first-order valence-electron chi connectivity index (χ1n) is 6.37. The van der Waals surface area contributed by atoms with Crippen LogP contribution in [-0.4, -0.2) is 14.5 Å². The molecule has 0 bridgehead atoms. The minimum atomic E-state index is 0.797. The van der Waals surface area contributed by atoms with E-state index in [9.17, 15) is 0 Å². The van der Waals surface area contributed by atoms with Crippen LogP contribution in [0.1, 0.15) is 12.5 Å². The van der Waals surface area contributed by atoms with Crippen molar-refractivity contribution in [3.05, 3.63) is 42.2 Å². The molecule has 96 valence electrons. The summed E-state index contributed by atoms with van der Waals surface area (Å²) >= 11 is 0. The van der Waals surface area contributed by atoms with E-state index in [-0.39, 0.29) is 0 Å². The lowest BCUT2D eigenvalue weighted by Gasteiger charge is -2.07. The van der Waals surface area contributed by atoms with Gasteiger partial charge >= 0.3 is 0 Å². The molecule has 0 saturated heterocycles. The number of pyridine rings is 1. The standard InChI is InChI=1S/C15H16N4/c1-3-19-14-6-7-17-9-13(14)18-15(19)11-5-4-10(2)12(16)8-11/h4-9H,3,16H2,1-2H3. The molecule has 2 aromatic heterocycles. The molecule has 19 heavy (non-hydrogen) atoms. The third-order valence-corrected chi connectivity index (χ3v) is 3.40. The van der Waals surface area contributed by atoms with Gasteiger partial charge in [0.1, 0.15) is 11.3 Å². The second-order valence-electron chi connectivity index (χ2n) is 4.62. The van der Waals surface area contributed by atoms with E-state index in [4.69, 9.17) is 5.73 Å². The maximum atomic E-state index is 5.99. The lowest BCUT2D eigenvalue weighted by Crippen LogP contribution is -1.98. The summed E-state index contributed by atoms with van der Waals surface area (Å²) in [6.07, 6.45) is 3.59. The van der Waals surface area contributed by atoms with E-state index in [1.807, 2.05) is 25.1 Å². The molecule has 3 aromatic rings. The summed E-state index contributed by atoms with van der Waals surface area (Å²) in [7, 11) is 0. The molecule has 0 saturated carbocycles. The van der Waals surface area contributed by atoms with Crippen molar-refractivity contribution in [1.29, 1.82) is 0 Å². The van der Waals surface area contributed by atoms with Gasteiger partial charge in [0.15, 0.2) is 0 Å². The number of benzene rings is 1. The maximum absolute atomic E-state index is 5.99. The summed E-state index contributed by atoms with van der Waals surface area (Å²) in [4.78, 5) is 8.80. The summed E-state index contributed by atoms with van der Waals surface area (Å²) < 4.78 is 2.18. The van der Waals surface area contributed by atoms with Gasteiger partial charge in [-0.2, -0.15) is 0 Å². The SMILES string of the molecule is CCn1c(-c2ccc(C)c(N)c2)nc2cnccc21. The zero-order valence-electron chi connectivity index (χ0n) is 11.1. The molecule has 0 spiro atoms. The topological polar surface area (TPSA) is 56.7 Å². The highest BCUT2D eigenvalue weighted by molar-refractivity contribution is 5.80. The van der Waals surface area contributed by atoms with Crippen LogP contribution in [0.5, 0.6) is 0 Å². The van der Waals surface area contributed by atoms with Crippen molar-refractivity contribution in [2.45, 2.75) is 20.4 Å². The average molecular weight is 252 g/mol. The third kappa shape index (κ3) is 1.85. The molecule has 0 aliphatic carbocycles. The first-order valence-corrected chi connectivity index (χ1v) is 6.37.